The smallest absolute Gasteiger partial charge is 0.322 e. The Morgan fingerprint density at radius 3 is 2.53 bits per heavy atom. The molecule has 2 amide bonds. The molecule has 3 rings (SSSR count). The van der Waals surface area contributed by atoms with Crippen LogP contribution in [0.3, 0.4) is 0 Å². The molecule has 2 aromatic carbocycles. The van der Waals surface area contributed by atoms with Gasteiger partial charge in [0.1, 0.15) is 12.4 Å². The van der Waals surface area contributed by atoms with Crippen LogP contribution in [0.2, 0.25) is 0 Å². The summed E-state index contributed by atoms with van der Waals surface area (Å²) in [7, 11) is 1.19. The highest BCUT2D eigenvalue weighted by Crippen LogP contribution is 2.41. The molecule has 1 aliphatic heterocycles. The summed E-state index contributed by atoms with van der Waals surface area (Å²) >= 11 is 0.680. The molecule has 9 nitrogen and oxygen atoms in total. The highest BCUT2D eigenvalue weighted by atomic mass is 32.2. The van der Waals surface area contributed by atoms with Crippen molar-refractivity contribution in [1.82, 2.24) is 4.90 Å². The molecular weight excluding hydrogens is 412 g/mol. The van der Waals surface area contributed by atoms with E-state index < -0.39 is 27.5 Å². The van der Waals surface area contributed by atoms with Gasteiger partial charge in [-0.2, -0.15) is 0 Å². The number of hydrogen-bond donors (Lipinski definition) is 1. The first-order valence-corrected chi connectivity index (χ1v) is 9.62. The Labute approximate surface area is 176 Å². The summed E-state index contributed by atoms with van der Waals surface area (Å²) in [5, 5.41) is 20.7. The summed E-state index contributed by atoms with van der Waals surface area (Å²) in [6.45, 7) is 2.10. The van der Waals surface area contributed by atoms with Gasteiger partial charge in [0.2, 0.25) is 5.75 Å². The fourth-order valence-electron chi connectivity index (χ4n) is 2.81. The van der Waals surface area contributed by atoms with Crippen LogP contribution in [0.25, 0.3) is 6.08 Å². The third-order valence-electron chi connectivity index (χ3n) is 4.29. The van der Waals surface area contributed by atoms with Crippen LogP contribution in [-0.4, -0.2) is 46.3 Å². The molecule has 1 N–H and O–H groups in total. The van der Waals surface area contributed by atoms with Crippen LogP contribution in [0.4, 0.5) is 10.5 Å². The van der Waals surface area contributed by atoms with Crippen LogP contribution < -0.4 is 9.47 Å². The molecule has 2 aromatic rings. The van der Waals surface area contributed by atoms with E-state index in [-0.39, 0.29) is 29.4 Å². The second-order valence-electron chi connectivity index (χ2n) is 6.31. The number of aromatic hydroxyl groups is 1. The topological polar surface area (TPSA) is 119 Å². The van der Waals surface area contributed by atoms with Gasteiger partial charge >= 0.3 is 5.69 Å². The lowest BCUT2D eigenvalue weighted by Crippen LogP contribution is -2.32. The summed E-state index contributed by atoms with van der Waals surface area (Å²) in [5.74, 6) is -0.670. The predicted octanol–water partition coefficient (Wildman–Crippen LogP) is 3.73. The predicted molar refractivity (Wildman–Crippen MR) is 111 cm³/mol. The Morgan fingerprint density at radius 2 is 1.90 bits per heavy atom. The minimum absolute atomic E-state index is 0.0335. The molecule has 0 radical (unpaired) electrons. The molecule has 0 aromatic heterocycles. The Kier molecular flexibility index (Phi) is 6.26. The monoisotopic (exact) mass is 430 g/mol. The normalized spacial score (nSPS) is 15.0. The molecule has 0 saturated carbocycles. The van der Waals surface area contributed by atoms with Crippen molar-refractivity contribution in [2.24, 2.45) is 0 Å². The van der Waals surface area contributed by atoms with Crippen LogP contribution in [0.15, 0.2) is 41.3 Å². The molecule has 0 bridgehead atoms. The van der Waals surface area contributed by atoms with E-state index in [0.29, 0.717) is 17.5 Å². The lowest BCUT2D eigenvalue weighted by Gasteiger charge is -2.13. The Balaban J connectivity index is 1.76. The zero-order valence-corrected chi connectivity index (χ0v) is 17.0. The number of aryl methyl sites for hydroxylation is 1. The van der Waals surface area contributed by atoms with Gasteiger partial charge in [-0.25, -0.2) is 0 Å². The fraction of sp³-hybridized carbons (Fsp3) is 0.200. The van der Waals surface area contributed by atoms with E-state index in [2.05, 4.69) is 0 Å². The van der Waals surface area contributed by atoms with Crippen molar-refractivity contribution in [2.75, 3.05) is 20.3 Å². The third-order valence-corrected chi connectivity index (χ3v) is 5.20. The fourth-order valence-corrected chi connectivity index (χ4v) is 3.66. The first-order chi connectivity index (χ1) is 14.3. The number of ether oxygens (including phenoxy) is 2. The summed E-state index contributed by atoms with van der Waals surface area (Å²) in [6, 6.07) is 9.86. The molecule has 0 unspecified atom stereocenters. The number of carbonyl (C=O) groups excluding carboxylic acids is 2. The molecule has 1 fully saturated rings. The number of amides is 2. The van der Waals surface area contributed by atoms with E-state index in [0.717, 1.165) is 10.5 Å². The van der Waals surface area contributed by atoms with Crippen LogP contribution in [0.1, 0.15) is 11.1 Å². The number of methoxy groups -OCH3 is 1. The van der Waals surface area contributed by atoms with Gasteiger partial charge in [-0.1, -0.05) is 17.7 Å². The molecule has 0 atom stereocenters. The zero-order chi connectivity index (χ0) is 21.8. The molecule has 0 aliphatic carbocycles. The lowest BCUT2D eigenvalue weighted by atomic mass is 10.1. The largest absolute Gasteiger partial charge is 0.504 e. The number of carbonyl (C=O) groups is 2. The third kappa shape index (κ3) is 4.38. The second-order valence-corrected chi connectivity index (χ2v) is 7.30. The number of thioether (sulfide) groups is 1. The van der Waals surface area contributed by atoms with E-state index in [1.165, 1.54) is 25.3 Å². The van der Waals surface area contributed by atoms with E-state index in [1.807, 2.05) is 19.1 Å². The van der Waals surface area contributed by atoms with Gasteiger partial charge in [0.05, 0.1) is 29.0 Å². The van der Waals surface area contributed by atoms with Crippen LogP contribution in [-0.2, 0) is 4.79 Å². The minimum Gasteiger partial charge on any atom is -0.504 e. The number of nitrogens with zero attached hydrogens (tertiary/aromatic N) is 2. The van der Waals surface area contributed by atoms with E-state index in [9.17, 15) is 24.8 Å². The van der Waals surface area contributed by atoms with E-state index in [1.54, 1.807) is 12.1 Å². The molecule has 0 spiro atoms. The average Bonchev–Trinajstić information content (AvgIpc) is 2.97. The lowest BCUT2D eigenvalue weighted by molar-refractivity contribution is -0.386. The maximum atomic E-state index is 12.6. The highest BCUT2D eigenvalue weighted by molar-refractivity contribution is 8.18. The first kappa shape index (κ1) is 21.2. The van der Waals surface area contributed by atoms with Gasteiger partial charge in [-0.3, -0.25) is 24.6 Å². The standard InChI is InChI=1S/C20H18N2O7S/c1-12-3-6-14(7-4-12)29-10-9-21-19(24)16(30-20(21)25)11-13-5-8-15(23)18(28-2)17(13)22(26)27/h3-8,11,23H,9-10H2,1-2H3/b16-11-. The van der Waals surface area contributed by atoms with Crippen molar-refractivity contribution >= 4 is 34.7 Å². The molecule has 10 heteroatoms. The van der Waals surface area contributed by atoms with Gasteiger partial charge in [0.25, 0.3) is 11.1 Å². The molecule has 30 heavy (non-hydrogen) atoms. The number of rotatable bonds is 7. The minimum atomic E-state index is -0.718. The quantitative estimate of drug-likeness (QED) is 0.401. The number of hydrogen-bond acceptors (Lipinski definition) is 8. The van der Waals surface area contributed by atoms with E-state index >= 15 is 0 Å². The molecule has 1 saturated heterocycles. The Hall–Kier alpha value is -3.53. The van der Waals surface area contributed by atoms with Crippen LogP contribution in [0, 0.1) is 17.0 Å². The second kappa shape index (κ2) is 8.87. The number of nitro groups is 1. The van der Waals surface area contributed by atoms with Gasteiger partial charge < -0.3 is 14.6 Å². The molecular formula is C20H18N2O7S. The Bertz CT molecular complexity index is 1030. The number of benzene rings is 2. The maximum absolute atomic E-state index is 12.6. The number of phenols is 1. The van der Waals surface area contributed by atoms with Gasteiger partial charge in [-0.05, 0) is 49.0 Å². The molecule has 156 valence electrons. The van der Waals surface area contributed by atoms with Crippen molar-refractivity contribution in [1.29, 1.82) is 0 Å². The van der Waals surface area contributed by atoms with Crippen molar-refractivity contribution in [3.63, 3.8) is 0 Å². The average molecular weight is 430 g/mol. The number of imide groups is 1. The molecule has 1 aliphatic rings. The van der Waals surface area contributed by atoms with E-state index in [4.69, 9.17) is 9.47 Å². The SMILES string of the molecule is COc1c(O)ccc(/C=C2\SC(=O)N(CCOc3ccc(C)cc3)C2=O)c1[N+](=O)[O-]. The van der Waals surface area contributed by atoms with Crippen molar-refractivity contribution in [3.05, 3.63) is 62.5 Å². The summed E-state index contributed by atoms with van der Waals surface area (Å²) in [5.41, 5.74) is 0.626. The van der Waals surface area contributed by atoms with Crippen molar-refractivity contribution in [2.45, 2.75) is 6.92 Å². The molecule has 1 heterocycles. The number of phenolic OH excluding ortho intramolecular Hbond substituents is 1. The Morgan fingerprint density at radius 1 is 1.20 bits per heavy atom. The van der Waals surface area contributed by atoms with Gasteiger partial charge in [-0.15, -0.1) is 0 Å². The number of nitro benzene ring substituents is 1. The van der Waals surface area contributed by atoms with Crippen LogP contribution >= 0.6 is 11.8 Å². The van der Waals surface area contributed by atoms with Crippen molar-refractivity contribution < 1.29 is 29.1 Å². The maximum Gasteiger partial charge on any atom is 0.322 e. The van der Waals surface area contributed by atoms with Crippen LogP contribution in [0.5, 0.6) is 17.2 Å². The summed E-state index contributed by atoms with van der Waals surface area (Å²) in [4.78, 5) is 36.6. The van der Waals surface area contributed by atoms with Crippen molar-refractivity contribution in [3.8, 4) is 17.2 Å². The first-order valence-electron chi connectivity index (χ1n) is 8.81. The summed E-state index contributed by atoms with van der Waals surface area (Å²) < 4.78 is 10.5. The zero-order valence-electron chi connectivity index (χ0n) is 16.2. The highest BCUT2D eigenvalue weighted by Gasteiger charge is 2.36. The summed E-state index contributed by atoms with van der Waals surface area (Å²) in [6.07, 6.45) is 1.24. The van der Waals surface area contributed by atoms with Gasteiger partial charge in [0, 0.05) is 0 Å². The van der Waals surface area contributed by atoms with Gasteiger partial charge in [0.15, 0.2) is 5.75 Å².